The summed E-state index contributed by atoms with van der Waals surface area (Å²) in [5.41, 5.74) is 7.93. The molecule has 2 N–H and O–H groups in total. The van der Waals surface area contributed by atoms with E-state index in [2.05, 4.69) is 11.9 Å². The lowest BCUT2D eigenvalue weighted by atomic mass is 10.1. The van der Waals surface area contributed by atoms with Crippen LogP contribution in [0.2, 0.25) is 0 Å². The van der Waals surface area contributed by atoms with Gasteiger partial charge in [-0.3, -0.25) is 4.79 Å². The fraction of sp³-hybridized carbons (Fsp3) is 0.500. The Kier molecular flexibility index (Phi) is 3.85. The van der Waals surface area contributed by atoms with Crippen LogP contribution in [0.5, 0.6) is 0 Å². The highest BCUT2D eigenvalue weighted by Gasteiger charge is 2.27. The molecule has 1 saturated heterocycles. The molecule has 0 radical (unpaired) electrons. The number of nitrogen functional groups attached to an aromatic ring is 1. The summed E-state index contributed by atoms with van der Waals surface area (Å²) >= 11 is 1.42. The third-order valence-corrected chi connectivity index (χ3v) is 5.45. The molecule has 2 aromatic rings. The first-order valence-corrected chi connectivity index (χ1v) is 8.35. The Morgan fingerprint density at radius 3 is 3.00 bits per heavy atom. The van der Waals surface area contributed by atoms with E-state index in [4.69, 9.17) is 5.73 Å². The molecule has 21 heavy (non-hydrogen) atoms. The largest absolute Gasteiger partial charge is 0.397 e. The van der Waals surface area contributed by atoms with Crippen molar-refractivity contribution in [2.75, 3.05) is 12.3 Å². The summed E-state index contributed by atoms with van der Waals surface area (Å²) in [6.45, 7) is 4.98. The van der Waals surface area contributed by atoms with Gasteiger partial charge in [-0.05, 0) is 38.3 Å². The fourth-order valence-corrected chi connectivity index (χ4v) is 4.17. The van der Waals surface area contributed by atoms with E-state index < -0.39 is 0 Å². The molecule has 3 heterocycles. The third-order valence-electron chi connectivity index (χ3n) is 4.35. The molecule has 0 aromatic carbocycles. The number of nitrogens with two attached hydrogens (primary N) is 1. The van der Waals surface area contributed by atoms with Gasteiger partial charge in [0.1, 0.15) is 9.71 Å². The van der Waals surface area contributed by atoms with E-state index in [-0.39, 0.29) is 5.91 Å². The average Bonchev–Trinajstić information content (AvgIpc) is 2.65. The molecule has 0 saturated carbocycles. The highest BCUT2D eigenvalue weighted by atomic mass is 32.1. The van der Waals surface area contributed by atoms with E-state index in [1.54, 1.807) is 6.20 Å². The molecule has 112 valence electrons. The van der Waals surface area contributed by atoms with Crippen LogP contribution in [0, 0.1) is 6.92 Å². The predicted molar refractivity (Wildman–Crippen MR) is 87.7 cm³/mol. The maximum atomic E-state index is 12.9. The van der Waals surface area contributed by atoms with Crippen LogP contribution in [0.4, 0.5) is 5.69 Å². The van der Waals surface area contributed by atoms with Crippen molar-refractivity contribution in [1.82, 2.24) is 9.88 Å². The lowest BCUT2D eigenvalue weighted by molar-refractivity contribution is 0.0704. The Balaban J connectivity index is 2.01. The molecular weight excluding hydrogens is 282 g/mol. The number of hydrogen-bond acceptors (Lipinski definition) is 4. The minimum absolute atomic E-state index is 0.0734. The molecule has 1 aliphatic rings. The first-order chi connectivity index (χ1) is 10.1. The van der Waals surface area contributed by atoms with Crippen molar-refractivity contribution in [1.29, 1.82) is 0 Å². The van der Waals surface area contributed by atoms with Crippen molar-refractivity contribution in [3.63, 3.8) is 0 Å². The normalized spacial score (nSPS) is 19.7. The second kappa shape index (κ2) is 5.64. The predicted octanol–water partition coefficient (Wildman–Crippen LogP) is 3.59. The number of carbonyl (C=O) groups is 1. The van der Waals surface area contributed by atoms with Crippen LogP contribution < -0.4 is 5.73 Å². The van der Waals surface area contributed by atoms with E-state index in [9.17, 15) is 4.79 Å². The molecular formula is C16H21N3OS. The van der Waals surface area contributed by atoms with Gasteiger partial charge in [-0.1, -0.05) is 12.8 Å². The van der Waals surface area contributed by atoms with Crippen molar-refractivity contribution in [3.05, 3.63) is 22.7 Å². The first kappa shape index (κ1) is 14.3. The Bertz CT molecular complexity index is 679. The minimum Gasteiger partial charge on any atom is -0.397 e. The topological polar surface area (TPSA) is 59.2 Å². The number of aryl methyl sites for hydroxylation is 1. The van der Waals surface area contributed by atoms with E-state index >= 15 is 0 Å². The van der Waals surface area contributed by atoms with Crippen molar-refractivity contribution < 1.29 is 4.79 Å². The summed E-state index contributed by atoms with van der Waals surface area (Å²) in [5, 5.41) is 0.938. The van der Waals surface area contributed by atoms with Crippen LogP contribution in [0.25, 0.3) is 10.2 Å². The van der Waals surface area contributed by atoms with E-state index in [1.165, 1.54) is 24.2 Å². The number of likely N-dealkylation sites (tertiary alicyclic amines) is 1. The standard InChI is InChI=1S/C16H21N3OS/c1-10-7-8-18-15-12(10)13(17)14(21-15)16(20)19-9-5-3-4-6-11(19)2/h7-8,11H,3-6,9,17H2,1-2H3. The van der Waals surface area contributed by atoms with Crippen molar-refractivity contribution in [2.24, 2.45) is 0 Å². The highest BCUT2D eigenvalue weighted by Crippen LogP contribution is 2.35. The Labute approximate surface area is 129 Å². The number of thiophene rings is 1. The maximum Gasteiger partial charge on any atom is 0.266 e. The van der Waals surface area contributed by atoms with Crippen LogP contribution in [-0.4, -0.2) is 28.4 Å². The number of pyridine rings is 1. The summed E-state index contributed by atoms with van der Waals surface area (Å²) in [4.78, 5) is 20.8. The summed E-state index contributed by atoms with van der Waals surface area (Å²) in [5.74, 6) is 0.0734. The fourth-order valence-electron chi connectivity index (χ4n) is 3.07. The SMILES string of the molecule is Cc1ccnc2sc(C(=O)N3CCCCCC3C)c(N)c12. The van der Waals surface area contributed by atoms with Gasteiger partial charge in [-0.2, -0.15) is 0 Å². The summed E-state index contributed by atoms with van der Waals surface area (Å²) in [6, 6.07) is 2.23. The van der Waals surface area contributed by atoms with Gasteiger partial charge in [-0.25, -0.2) is 4.98 Å². The summed E-state index contributed by atoms with van der Waals surface area (Å²) in [7, 11) is 0. The van der Waals surface area contributed by atoms with Crippen LogP contribution in [0.1, 0.15) is 47.8 Å². The Morgan fingerprint density at radius 2 is 2.24 bits per heavy atom. The van der Waals surface area contributed by atoms with Crippen molar-refractivity contribution >= 4 is 33.1 Å². The van der Waals surface area contributed by atoms with Gasteiger partial charge in [0.2, 0.25) is 0 Å². The molecule has 1 aliphatic heterocycles. The summed E-state index contributed by atoms with van der Waals surface area (Å²) in [6.07, 6.45) is 6.34. The number of nitrogens with zero attached hydrogens (tertiary/aromatic N) is 2. The van der Waals surface area contributed by atoms with Crippen molar-refractivity contribution in [2.45, 2.75) is 45.6 Å². The zero-order chi connectivity index (χ0) is 15.0. The number of amides is 1. The third kappa shape index (κ3) is 2.50. The maximum absolute atomic E-state index is 12.9. The zero-order valence-electron chi connectivity index (χ0n) is 12.6. The van der Waals surface area contributed by atoms with Gasteiger partial charge in [0, 0.05) is 24.2 Å². The number of carbonyl (C=O) groups excluding carboxylic acids is 1. The van der Waals surface area contributed by atoms with Gasteiger partial charge in [0.15, 0.2) is 0 Å². The molecule has 2 aromatic heterocycles. The minimum atomic E-state index is 0.0734. The van der Waals surface area contributed by atoms with Crippen LogP contribution in [0.15, 0.2) is 12.3 Å². The molecule has 4 nitrogen and oxygen atoms in total. The lowest BCUT2D eigenvalue weighted by Crippen LogP contribution is -2.38. The molecule has 1 amide bonds. The lowest BCUT2D eigenvalue weighted by Gasteiger charge is -2.26. The van der Waals surface area contributed by atoms with Crippen molar-refractivity contribution in [3.8, 4) is 0 Å². The monoisotopic (exact) mass is 303 g/mol. The number of fused-ring (bicyclic) bond motifs is 1. The Morgan fingerprint density at radius 1 is 1.43 bits per heavy atom. The van der Waals surface area contributed by atoms with E-state index in [1.807, 2.05) is 17.9 Å². The van der Waals surface area contributed by atoms with E-state index in [0.29, 0.717) is 16.6 Å². The molecule has 3 rings (SSSR count). The number of rotatable bonds is 1. The van der Waals surface area contributed by atoms with Gasteiger partial charge < -0.3 is 10.6 Å². The van der Waals surface area contributed by atoms with Gasteiger partial charge in [0.25, 0.3) is 5.91 Å². The molecule has 0 bridgehead atoms. The van der Waals surface area contributed by atoms with Crippen LogP contribution in [0.3, 0.4) is 0 Å². The molecule has 0 spiro atoms. The first-order valence-electron chi connectivity index (χ1n) is 7.54. The van der Waals surface area contributed by atoms with Gasteiger partial charge in [0.05, 0.1) is 5.69 Å². The number of anilines is 1. The smallest absolute Gasteiger partial charge is 0.266 e. The van der Waals surface area contributed by atoms with Crippen LogP contribution in [-0.2, 0) is 0 Å². The Hall–Kier alpha value is -1.62. The molecule has 1 atom stereocenters. The second-order valence-corrected chi connectivity index (χ2v) is 6.85. The number of aromatic nitrogens is 1. The molecule has 1 fully saturated rings. The zero-order valence-corrected chi connectivity index (χ0v) is 13.4. The van der Waals surface area contributed by atoms with Crippen LogP contribution >= 0.6 is 11.3 Å². The quantitative estimate of drug-likeness (QED) is 0.875. The highest BCUT2D eigenvalue weighted by molar-refractivity contribution is 7.21. The van der Waals surface area contributed by atoms with E-state index in [0.717, 1.165) is 35.2 Å². The molecule has 0 aliphatic carbocycles. The number of hydrogen-bond donors (Lipinski definition) is 1. The summed E-state index contributed by atoms with van der Waals surface area (Å²) < 4.78 is 0. The average molecular weight is 303 g/mol. The second-order valence-electron chi connectivity index (χ2n) is 5.85. The molecule has 5 heteroatoms. The van der Waals surface area contributed by atoms with Gasteiger partial charge in [-0.15, -0.1) is 11.3 Å². The molecule has 1 unspecified atom stereocenters. The van der Waals surface area contributed by atoms with Gasteiger partial charge >= 0.3 is 0 Å².